The molecule has 0 aliphatic heterocycles. The number of carbonyl (C=O) groups excluding carboxylic acids is 3. The predicted molar refractivity (Wildman–Crippen MR) is 162 cm³/mol. The quantitative estimate of drug-likeness (QED) is 0.128. The van der Waals surface area contributed by atoms with Crippen molar-refractivity contribution >= 4 is 62.9 Å². The highest BCUT2D eigenvalue weighted by molar-refractivity contribution is 9.10. The molecule has 0 radical (unpaired) electrons. The molecule has 0 aliphatic carbocycles. The minimum atomic E-state index is -4.60. The molecule has 0 saturated heterocycles. The van der Waals surface area contributed by atoms with E-state index < -0.39 is 29.5 Å². The third-order valence-electron chi connectivity index (χ3n) is 5.68. The number of alkyl halides is 3. The summed E-state index contributed by atoms with van der Waals surface area (Å²) in [6.07, 6.45) is -3.06. The van der Waals surface area contributed by atoms with Crippen molar-refractivity contribution in [1.29, 1.82) is 0 Å². The molecular weight excluding hydrogens is 631 g/mol. The van der Waals surface area contributed by atoms with Crippen molar-refractivity contribution in [1.82, 2.24) is 5.32 Å². The summed E-state index contributed by atoms with van der Waals surface area (Å²) < 4.78 is 40.5. The number of hydrogen-bond acceptors (Lipinski definition) is 4. The van der Waals surface area contributed by atoms with Gasteiger partial charge in [-0.25, -0.2) is 0 Å². The maximum Gasteiger partial charge on any atom is 0.418 e. The molecular formula is C31H23BrF3N3O3S. The molecule has 0 unspecified atom stereocenters. The lowest BCUT2D eigenvalue weighted by atomic mass is 10.1. The predicted octanol–water partition coefficient (Wildman–Crippen LogP) is 7.61. The Morgan fingerprint density at radius 3 is 2.21 bits per heavy atom. The smallest absolute Gasteiger partial charge is 0.325 e. The van der Waals surface area contributed by atoms with E-state index >= 15 is 0 Å². The molecule has 11 heteroatoms. The number of anilines is 2. The van der Waals surface area contributed by atoms with Gasteiger partial charge >= 0.3 is 6.18 Å². The van der Waals surface area contributed by atoms with Gasteiger partial charge in [-0.15, -0.1) is 11.8 Å². The van der Waals surface area contributed by atoms with E-state index in [1.165, 1.54) is 18.2 Å². The Labute approximate surface area is 252 Å². The largest absolute Gasteiger partial charge is 0.418 e. The van der Waals surface area contributed by atoms with Crippen LogP contribution in [0.4, 0.5) is 24.5 Å². The lowest BCUT2D eigenvalue weighted by Gasteiger charge is -2.14. The molecule has 3 N–H and O–H groups in total. The van der Waals surface area contributed by atoms with Crippen molar-refractivity contribution in [2.75, 3.05) is 16.4 Å². The number of thioether (sulfide) groups is 1. The van der Waals surface area contributed by atoms with E-state index in [1.54, 1.807) is 84.9 Å². The van der Waals surface area contributed by atoms with Crippen LogP contribution in [-0.4, -0.2) is 23.5 Å². The van der Waals surface area contributed by atoms with E-state index in [-0.39, 0.29) is 17.1 Å². The van der Waals surface area contributed by atoms with E-state index in [0.717, 1.165) is 22.3 Å². The van der Waals surface area contributed by atoms with Crippen LogP contribution in [0, 0.1) is 0 Å². The Kier molecular flexibility index (Phi) is 10.2. The summed E-state index contributed by atoms with van der Waals surface area (Å²) in [5, 5.41) is 7.73. The van der Waals surface area contributed by atoms with E-state index in [1.807, 2.05) is 0 Å². The van der Waals surface area contributed by atoms with E-state index in [9.17, 15) is 27.6 Å². The Morgan fingerprint density at radius 1 is 0.810 bits per heavy atom. The van der Waals surface area contributed by atoms with Gasteiger partial charge in [0.1, 0.15) is 5.70 Å². The molecule has 0 bridgehead atoms. The maximum atomic E-state index is 13.3. The first-order valence-electron chi connectivity index (χ1n) is 12.4. The van der Waals surface area contributed by atoms with Gasteiger partial charge in [0, 0.05) is 20.6 Å². The van der Waals surface area contributed by atoms with Crippen molar-refractivity contribution in [3.63, 3.8) is 0 Å². The van der Waals surface area contributed by atoms with E-state index in [0.29, 0.717) is 21.7 Å². The highest BCUT2D eigenvalue weighted by atomic mass is 79.9. The fraction of sp³-hybridized carbons (Fsp3) is 0.0645. The van der Waals surface area contributed by atoms with Crippen LogP contribution in [0.5, 0.6) is 0 Å². The first-order valence-corrected chi connectivity index (χ1v) is 14.2. The molecule has 0 aromatic heterocycles. The molecule has 0 atom stereocenters. The molecule has 4 aromatic rings. The summed E-state index contributed by atoms with van der Waals surface area (Å²) in [6, 6.07) is 27.0. The molecule has 0 aliphatic rings. The summed E-state index contributed by atoms with van der Waals surface area (Å²) in [5.74, 6) is -1.82. The number of benzene rings is 4. The zero-order valence-corrected chi connectivity index (χ0v) is 24.1. The molecule has 0 fully saturated rings. The average molecular weight is 655 g/mol. The van der Waals surface area contributed by atoms with Gasteiger partial charge in [-0.1, -0.05) is 64.5 Å². The van der Waals surface area contributed by atoms with Gasteiger partial charge in [0.05, 0.1) is 17.0 Å². The van der Waals surface area contributed by atoms with Crippen LogP contribution in [0.3, 0.4) is 0 Å². The average Bonchev–Trinajstić information content (AvgIpc) is 2.97. The Hall–Kier alpha value is -4.35. The van der Waals surface area contributed by atoms with Gasteiger partial charge in [-0.05, 0) is 66.2 Å². The van der Waals surface area contributed by atoms with Crippen molar-refractivity contribution in [2.24, 2.45) is 0 Å². The van der Waals surface area contributed by atoms with Gasteiger partial charge in [0.2, 0.25) is 5.91 Å². The molecule has 214 valence electrons. The summed E-state index contributed by atoms with van der Waals surface area (Å²) in [6.45, 7) is 0. The monoisotopic (exact) mass is 653 g/mol. The van der Waals surface area contributed by atoms with Crippen molar-refractivity contribution < 1.29 is 27.6 Å². The van der Waals surface area contributed by atoms with Crippen molar-refractivity contribution in [3.05, 3.63) is 130 Å². The highest BCUT2D eigenvalue weighted by Gasteiger charge is 2.33. The van der Waals surface area contributed by atoms with Gasteiger partial charge in [0.25, 0.3) is 11.8 Å². The third kappa shape index (κ3) is 8.82. The standard InChI is InChI=1S/C31H23BrF3N3O3S/c32-22-15-13-20(14-16-22)17-27(38-29(40)21-7-2-1-3-8-21)30(41)36-23-9-6-10-24(18-23)42-19-28(39)37-26-12-5-4-11-25(26)31(33,34)35/h1-18H,19H2,(H,36,41)(H,37,39)(H,38,40)/b27-17+. The van der Waals surface area contributed by atoms with Crippen LogP contribution in [0.25, 0.3) is 6.08 Å². The SMILES string of the molecule is O=C(CSc1cccc(NC(=O)/C(=C\c2ccc(Br)cc2)NC(=O)c2ccccc2)c1)Nc1ccccc1C(F)(F)F. The number of rotatable bonds is 9. The molecule has 3 amide bonds. The second-order valence-corrected chi connectivity index (χ2v) is 10.8. The second-order valence-electron chi connectivity index (χ2n) is 8.79. The molecule has 0 saturated carbocycles. The zero-order valence-electron chi connectivity index (χ0n) is 21.7. The maximum absolute atomic E-state index is 13.3. The van der Waals surface area contributed by atoms with Gasteiger partial charge < -0.3 is 16.0 Å². The molecule has 6 nitrogen and oxygen atoms in total. The molecule has 0 spiro atoms. The Morgan fingerprint density at radius 2 is 1.50 bits per heavy atom. The van der Waals surface area contributed by atoms with Crippen molar-refractivity contribution in [2.45, 2.75) is 11.1 Å². The van der Waals surface area contributed by atoms with Gasteiger partial charge in [-0.2, -0.15) is 13.2 Å². The van der Waals surface area contributed by atoms with Crippen LogP contribution < -0.4 is 16.0 Å². The third-order valence-corrected chi connectivity index (χ3v) is 7.20. The summed E-state index contributed by atoms with van der Waals surface area (Å²) >= 11 is 4.46. The van der Waals surface area contributed by atoms with Gasteiger partial charge in [0.15, 0.2) is 0 Å². The molecule has 0 heterocycles. The number of halogens is 4. The number of amides is 3. The fourth-order valence-electron chi connectivity index (χ4n) is 3.70. The number of nitrogens with one attached hydrogen (secondary N) is 3. The lowest BCUT2D eigenvalue weighted by Crippen LogP contribution is -2.30. The zero-order chi connectivity index (χ0) is 30.1. The molecule has 4 aromatic carbocycles. The second kappa shape index (κ2) is 14.0. The highest BCUT2D eigenvalue weighted by Crippen LogP contribution is 2.34. The first-order chi connectivity index (χ1) is 20.1. The number of para-hydroxylation sites is 1. The molecule has 4 rings (SSSR count). The summed E-state index contributed by atoms with van der Waals surface area (Å²) in [4.78, 5) is 39.1. The number of carbonyl (C=O) groups is 3. The molecule has 42 heavy (non-hydrogen) atoms. The Bertz CT molecular complexity index is 1610. The summed E-state index contributed by atoms with van der Waals surface area (Å²) in [7, 11) is 0. The fourth-order valence-corrected chi connectivity index (χ4v) is 4.72. The van der Waals surface area contributed by atoms with Crippen LogP contribution in [0.15, 0.2) is 118 Å². The van der Waals surface area contributed by atoms with Gasteiger partial charge in [-0.3, -0.25) is 14.4 Å². The minimum absolute atomic E-state index is 0.00643. The Balaban J connectivity index is 1.45. The van der Waals surface area contributed by atoms with Crippen LogP contribution in [-0.2, 0) is 15.8 Å². The normalized spacial score (nSPS) is 11.5. The van der Waals surface area contributed by atoms with E-state index in [2.05, 4.69) is 31.9 Å². The lowest BCUT2D eigenvalue weighted by molar-refractivity contribution is -0.137. The summed E-state index contributed by atoms with van der Waals surface area (Å²) in [5.41, 5.74) is 0.203. The van der Waals surface area contributed by atoms with Crippen LogP contribution in [0.1, 0.15) is 21.5 Å². The van der Waals surface area contributed by atoms with Crippen LogP contribution in [0.2, 0.25) is 0 Å². The first kappa shape index (κ1) is 30.6. The van der Waals surface area contributed by atoms with Crippen molar-refractivity contribution in [3.8, 4) is 0 Å². The number of hydrogen-bond donors (Lipinski definition) is 3. The minimum Gasteiger partial charge on any atom is -0.325 e. The topological polar surface area (TPSA) is 87.3 Å². The van der Waals surface area contributed by atoms with E-state index in [4.69, 9.17) is 0 Å². The van der Waals surface area contributed by atoms with Crippen LogP contribution >= 0.6 is 27.7 Å².